The molecule has 0 saturated carbocycles. The van der Waals surface area contributed by atoms with Crippen molar-refractivity contribution in [3.63, 3.8) is 0 Å². The smallest absolute Gasteiger partial charge is 0.145 e. The van der Waals surface area contributed by atoms with Gasteiger partial charge in [0.05, 0.1) is 0 Å². The maximum absolute atomic E-state index is 11.2. The molecule has 0 fully saturated rings. The lowest BCUT2D eigenvalue weighted by atomic mass is 9.81. The van der Waals surface area contributed by atoms with Crippen LogP contribution >= 0.6 is 0 Å². The molecule has 1 aliphatic rings. The lowest BCUT2D eigenvalue weighted by Crippen LogP contribution is -2.13. The summed E-state index contributed by atoms with van der Waals surface area (Å²) < 4.78 is 0. The molecule has 2 unspecified atom stereocenters. The lowest BCUT2D eigenvalue weighted by Gasteiger charge is -2.24. The highest BCUT2D eigenvalue weighted by molar-refractivity contribution is 5.73. The van der Waals surface area contributed by atoms with E-state index in [0.29, 0.717) is 11.8 Å². The zero-order valence-corrected chi connectivity index (χ0v) is 13.6. The summed E-state index contributed by atoms with van der Waals surface area (Å²) in [5.74, 6) is 1.32. The third-order valence-electron chi connectivity index (χ3n) is 4.38. The second kappa shape index (κ2) is 8.94. The summed E-state index contributed by atoms with van der Waals surface area (Å²) >= 11 is 0. The van der Waals surface area contributed by atoms with Gasteiger partial charge in [-0.15, -0.1) is 0 Å². The Balaban J connectivity index is 2.67. The van der Waals surface area contributed by atoms with Gasteiger partial charge in [-0.2, -0.15) is 0 Å². The van der Waals surface area contributed by atoms with Crippen LogP contribution in [0.25, 0.3) is 0 Å². The Morgan fingerprint density at radius 3 is 2.80 bits per heavy atom. The minimum absolute atomic E-state index is 0.637. The van der Waals surface area contributed by atoms with Crippen molar-refractivity contribution >= 4 is 6.29 Å². The van der Waals surface area contributed by atoms with E-state index in [1.165, 1.54) is 30.4 Å². The van der Waals surface area contributed by atoms with E-state index in [2.05, 4.69) is 45.9 Å². The summed E-state index contributed by atoms with van der Waals surface area (Å²) in [4.78, 5) is 11.2. The molecule has 0 spiro atoms. The zero-order valence-electron chi connectivity index (χ0n) is 13.6. The predicted molar refractivity (Wildman–Crippen MR) is 87.7 cm³/mol. The molecule has 2 atom stereocenters. The van der Waals surface area contributed by atoms with E-state index in [1.807, 2.05) is 0 Å². The molecule has 0 radical (unpaired) electrons. The van der Waals surface area contributed by atoms with Gasteiger partial charge in [-0.3, -0.25) is 4.79 Å². The lowest BCUT2D eigenvalue weighted by molar-refractivity contribution is -0.105. The summed E-state index contributed by atoms with van der Waals surface area (Å²) in [6, 6.07) is 0. The van der Waals surface area contributed by atoms with Crippen LogP contribution in [0.15, 0.2) is 34.9 Å². The first-order valence-electron chi connectivity index (χ1n) is 7.96. The van der Waals surface area contributed by atoms with Gasteiger partial charge in [0.15, 0.2) is 0 Å². The van der Waals surface area contributed by atoms with Gasteiger partial charge in [-0.1, -0.05) is 36.3 Å². The quantitative estimate of drug-likeness (QED) is 0.469. The highest BCUT2D eigenvalue weighted by Gasteiger charge is 2.19. The molecule has 0 amide bonds. The third-order valence-corrected chi connectivity index (χ3v) is 4.38. The molecule has 112 valence electrons. The molecular formula is C19H30O. The number of allylic oxidation sites excluding steroid dienone is 6. The molecule has 0 heterocycles. The van der Waals surface area contributed by atoms with Crippen molar-refractivity contribution in [2.75, 3.05) is 0 Å². The molecule has 0 aromatic carbocycles. The fraction of sp³-hybridized carbons (Fsp3) is 0.632. The van der Waals surface area contributed by atoms with Crippen LogP contribution in [0.5, 0.6) is 0 Å². The van der Waals surface area contributed by atoms with E-state index in [0.717, 1.165) is 31.1 Å². The van der Waals surface area contributed by atoms with Crippen molar-refractivity contribution in [2.24, 2.45) is 11.8 Å². The van der Waals surface area contributed by atoms with Gasteiger partial charge >= 0.3 is 0 Å². The van der Waals surface area contributed by atoms with E-state index < -0.39 is 0 Å². The largest absolute Gasteiger partial charge is 0.298 e. The molecule has 1 heteroatoms. The van der Waals surface area contributed by atoms with Gasteiger partial charge in [0.1, 0.15) is 6.29 Å². The van der Waals surface area contributed by atoms with Crippen LogP contribution in [0.1, 0.15) is 66.2 Å². The average Bonchev–Trinajstić information content (AvgIpc) is 2.48. The molecule has 1 aliphatic carbocycles. The maximum Gasteiger partial charge on any atom is 0.145 e. The SMILES string of the molecule is CC(C)=CCCC(C)C1CCC(C)=CCC=C(C=O)C1. The number of carbonyl (C=O) groups is 1. The Morgan fingerprint density at radius 1 is 1.40 bits per heavy atom. The molecule has 0 aromatic heterocycles. The summed E-state index contributed by atoms with van der Waals surface area (Å²) in [7, 11) is 0. The fourth-order valence-electron chi connectivity index (χ4n) is 2.87. The van der Waals surface area contributed by atoms with Crippen LogP contribution in [0.4, 0.5) is 0 Å². The van der Waals surface area contributed by atoms with E-state index in [9.17, 15) is 4.79 Å². The van der Waals surface area contributed by atoms with Gasteiger partial charge in [-0.05, 0) is 76.7 Å². The maximum atomic E-state index is 11.2. The normalized spacial score (nSPS) is 21.7. The van der Waals surface area contributed by atoms with Crippen molar-refractivity contribution < 1.29 is 4.79 Å². The first-order valence-corrected chi connectivity index (χ1v) is 7.96. The molecule has 1 nitrogen and oxygen atoms in total. The zero-order chi connectivity index (χ0) is 15.0. The van der Waals surface area contributed by atoms with Crippen LogP contribution in [0.3, 0.4) is 0 Å². The first-order chi connectivity index (χ1) is 9.52. The summed E-state index contributed by atoms with van der Waals surface area (Å²) in [6.45, 7) is 8.88. The molecule has 0 saturated heterocycles. The number of hydrogen-bond donors (Lipinski definition) is 0. The summed E-state index contributed by atoms with van der Waals surface area (Å²) in [5, 5.41) is 0. The Labute approximate surface area is 124 Å². The average molecular weight is 274 g/mol. The van der Waals surface area contributed by atoms with Crippen LogP contribution in [-0.4, -0.2) is 6.29 Å². The number of aldehydes is 1. The fourth-order valence-corrected chi connectivity index (χ4v) is 2.87. The van der Waals surface area contributed by atoms with Crippen LogP contribution < -0.4 is 0 Å². The monoisotopic (exact) mass is 274 g/mol. The van der Waals surface area contributed by atoms with Crippen molar-refractivity contribution in [3.05, 3.63) is 34.9 Å². The minimum atomic E-state index is 0.637. The number of hydrogen-bond acceptors (Lipinski definition) is 1. The molecule has 0 N–H and O–H groups in total. The highest BCUT2D eigenvalue weighted by Crippen LogP contribution is 2.30. The third kappa shape index (κ3) is 6.36. The van der Waals surface area contributed by atoms with Gasteiger partial charge in [-0.25, -0.2) is 0 Å². The van der Waals surface area contributed by atoms with E-state index in [1.54, 1.807) is 0 Å². The van der Waals surface area contributed by atoms with Gasteiger partial charge in [0.2, 0.25) is 0 Å². The van der Waals surface area contributed by atoms with E-state index in [4.69, 9.17) is 0 Å². The summed E-state index contributed by atoms with van der Waals surface area (Å²) in [6.07, 6.45) is 14.4. The molecule has 20 heavy (non-hydrogen) atoms. The van der Waals surface area contributed by atoms with E-state index >= 15 is 0 Å². The molecular weight excluding hydrogens is 244 g/mol. The second-order valence-electron chi connectivity index (χ2n) is 6.52. The predicted octanol–water partition coefficient (Wildman–Crippen LogP) is 5.63. The molecule has 0 aromatic rings. The van der Waals surface area contributed by atoms with Gasteiger partial charge < -0.3 is 0 Å². The molecule has 0 aliphatic heterocycles. The first kappa shape index (κ1) is 16.9. The van der Waals surface area contributed by atoms with Crippen LogP contribution in [0, 0.1) is 11.8 Å². The van der Waals surface area contributed by atoms with Crippen molar-refractivity contribution in [3.8, 4) is 0 Å². The number of rotatable bonds is 5. The number of carbonyl (C=O) groups excluding carboxylic acids is 1. The molecule has 1 rings (SSSR count). The summed E-state index contributed by atoms with van der Waals surface area (Å²) in [5.41, 5.74) is 3.86. The molecule has 0 bridgehead atoms. The topological polar surface area (TPSA) is 17.1 Å². The minimum Gasteiger partial charge on any atom is -0.298 e. The Hall–Kier alpha value is -1.11. The van der Waals surface area contributed by atoms with Gasteiger partial charge in [0, 0.05) is 0 Å². The van der Waals surface area contributed by atoms with Crippen LogP contribution in [0.2, 0.25) is 0 Å². The standard InChI is InChI=1S/C19H30O/c1-15(2)7-5-9-17(4)19-12-11-16(3)8-6-10-18(13-19)14-20/h7-8,10,14,17,19H,5-6,9,11-13H2,1-4H3. The van der Waals surface area contributed by atoms with Gasteiger partial charge in [0.25, 0.3) is 0 Å². The Bertz CT molecular complexity index is 394. The Morgan fingerprint density at radius 2 is 2.15 bits per heavy atom. The van der Waals surface area contributed by atoms with Crippen LogP contribution in [-0.2, 0) is 4.79 Å². The Kier molecular flexibility index (Phi) is 7.58. The van der Waals surface area contributed by atoms with Crippen molar-refractivity contribution in [2.45, 2.75) is 66.2 Å². The highest BCUT2D eigenvalue weighted by atomic mass is 16.1. The van der Waals surface area contributed by atoms with Crippen molar-refractivity contribution in [1.82, 2.24) is 0 Å². The van der Waals surface area contributed by atoms with Crippen molar-refractivity contribution in [1.29, 1.82) is 0 Å². The second-order valence-corrected chi connectivity index (χ2v) is 6.52. The van der Waals surface area contributed by atoms with E-state index in [-0.39, 0.29) is 0 Å².